The van der Waals surface area contributed by atoms with E-state index in [9.17, 15) is 4.79 Å². The molecule has 0 bridgehead atoms. The van der Waals surface area contributed by atoms with Crippen LogP contribution in [0.1, 0.15) is 48.6 Å². The second-order valence-electron chi connectivity index (χ2n) is 8.40. The van der Waals surface area contributed by atoms with Gasteiger partial charge in [-0.3, -0.25) is 14.4 Å². The first kappa shape index (κ1) is 18.9. The van der Waals surface area contributed by atoms with Crippen LogP contribution < -0.4 is 5.32 Å². The molecule has 0 radical (unpaired) electrons. The van der Waals surface area contributed by atoms with E-state index in [1.54, 1.807) is 0 Å². The molecule has 4 heterocycles. The molecule has 3 aliphatic rings. The van der Waals surface area contributed by atoms with Crippen molar-refractivity contribution in [3.8, 4) is 0 Å². The molecular weight excluding hydrogens is 340 g/mol. The van der Waals surface area contributed by atoms with Gasteiger partial charge in [-0.25, -0.2) is 0 Å². The second-order valence-corrected chi connectivity index (χ2v) is 8.40. The monoisotopic (exact) mass is 374 g/mol. The van der Waals surface area contributed by atoms with E-state index in [-0.39, 0.29) is 5.91 Å². The van der Waals surface area contributed by atoms with Gasteiger partial charge < -0.3 is 15.1 Å². The van der Waals surface area contributed by atoms with Crippen molar-refractivity contribution in [2.45, 2.75) is 44.2 Å². The molecule has 1 aromatic heterocycles. The summed E-state index contributed by atoms with van der Waals surface area (Å²) in [4.78, 5) is 19.9. The molecule has 1 N–H and O–H groups in total. The van der Waals surface area contributed by atoms with E-state index in [1.807, 2.05) is 21.8 Å². The third kappa shape index (κ3) is 4.52. The molecule has 7 nitrogen and oxygen atoms in total. The van der Waals surface area contributed by atoms with Crippen molar-refractivity contribution in [1.82, 2.24) is 29.8 Å². The van der Waals surface area contributed by atoms with Crippen molar-refractivity contribution < 1.29 is 4.79 Å². The van der Waals surface area contributed by atoms with Crippen molar-refractivity contribution in [1.29, 1.82) is 0 Å². The van der Waals surface area contributed by atoms with E-state index in [0.717, 1.165) is 52.2 Å². The molecule has 2 unspecified atom stereocenters. The van der Waals surface area contributed by atoms with Crippen molar-refractivity contribution in [2.75, 3.05) is 59.4 Å². The van der Waals surface area contributed by atoms with Crippen LogP contribution in [0.3, 0.4) is 0 Å². The molecule has 3 saturated heterocycles. The number of likely N-dealkylation sites (tertiary alicyclic amines) is 1. The topological polar surface area (TPSA) is 56.6 Å². The normalized spacial score (nSPS) is 28.4. The van der Waals surface area contributed by atoms with Gasteiger partial charge in [0.2, 0.25) is 0 Å². The number of likely N-dealkylation sites (N-methyl/N-ethyl adjacent to an activating group) is 1. The van der Waals surface area contributed by atoms with E-state index in [2.05, 4.69) is 27.3 Å². The lowest BCUT2D eigenvalue weighted by Crippen LogP contribution is -2.53. The minimum absolute atomic E-state index is 0.0898. The molecule has 3 aliphatic heterocycles. The predicted octanol–water partition coefficient (Wildman–Crippen LogP) is 1.05. The maximum absolute atomic E-state index is 12.9. The largest absolute Gasteiger partial charge is 0.335 e. The van der Waals surface area contributed by atoms with Crippen LogP contribution in [-0.4, -0.2) is 95.8 Å². The molecule has 27 heavy (non-hydrogen) atoms. The Hall–Kier alpha value is -1.44. The number of nitrogens with zero attached hydrogens (tertiary/aromatic N) is 5. The average Bonchev–Trinajstić information content (AvgIpc) is 3.21. The van der Waals surface area contributed by atoms with E-state index in [4.69, 9.17) is 0 Å². The molecule has 0 aliphatic carbocycles. The molecule has 4 rings (SSSR count). The van der Waals surface area contributed by atoms with Gasteiger partial charge in [0.05, 0.1) is 6.04 Å². The zero-order valence-corrected chi connectivity index (χ0v) is 16.6. The van der Waals surface area contributed by atoms with Crippen molar-refractivity contribution in [3.05, 3.63) is 18.0 Å². The number of carbonyl (C=O) groups excluding carboxylic acids is 1. The van der Waals surface area contributed by atoms with Crippen molar-refractivity contribution in [3.63, 3.8) is 0 Å². The van der Waals surface area contributed by atoms with Crippen molar-refractivity contribution in [2.24, 2.45) is 0 Å². The Morgan fingerprint density at radius 3 is 2.74 bits per heavy atom. The fourth-order valence-corrected chi connectivity index (χ4v) is 4.68. The summed E-state index contributed by atoms with van der Waals surface area (Å²) in [6.45, 7) is 7.98. The summed E-state index contributed by atoms with van der Waals surface area (Å²) < 4.78 is 1.98. The number of aromatic nitrogens is 2. The predicted molar refractivity (Wildman–Crippen MR) is 106 cm³/mol. The quantitative estimate of drug-likeness (QED) is 0.854. The van der Waals surface area contributed by atoms with Crippen LogP contribution in [0.5, 0.6) is 0 Å². The lowest BCUT2D eigenvalue weighted by atomic mass is 10.0. The van der Waals surface area contributed by atoms with Crippen LogP contribution in [0.4, 0.5) is 0 Å². The Balaban J connectivity index is 1.28. The summed E-state index contributed by atoms with van der Waals surface area (Å²) in [5.41, 5.74) is 0.598. The van der Waals surface area contributed by atoms with Gasteiger partial charge >= 0.3 is 0 Å². The zero-order chi connectivity index (χ0) is 18.6. The van der Waals surface area contributed by atoms with Gasteiger partial charge in [-0.2, -0.15) is 5.10 Å². The molecule has 2 atom stereocenters. The smallest absolute Gasteiger partial charge is 0.274 e. The van der Waals surface area contributed by atoms with Gasteiger partial charge in [-0.15, -0.1) is 0 Å². The summed E-state index contributed by atoms with van der Waals surface area (Å²) in [5, 5.41) is 8.01. The molecule has 0 aromatic carbocycles. The Morgan fingerprint density at radius 2 is 2.00 bits per heavy atom. The molecule has 150 valence electrons. The highest BCUT2D eigenvalue weighted by atomic mass is 16.2. The van der Waals surface area contributed by atoms with Crippen LogP contribution in [0.25, 0.3) is 0 Å². The van der Waals surface area contributed by atoms with Gasteiger partial charge in [0.1, 0.15) is 5.69 Å². The van der Waals surface area contributed by atoms with Crippen LogP contribution in [0, 0.1) is 0 Å². The number of carbonyl (C=O) groups is 1. The van der Waals surface area contributed by atoms with Gasteiger partial charge in [-0.05, 0) is 51.9 Å². The molecule has 7 heteroatoms. The highest BCUT2D eigenvalue weighted by Gasteiger charge is 2.27. The molecule has 1 amide bonds. The maximum Gasteiger partial charge on any atom is 0.274 e. The molecular formula is C20H34N6O. The van der Waals surface area contributed by atoms with Crippen LogP contribution in [0.2, 0.25) is 0 Å². The Labute approximate surface area is 162 Å². The molecule has 0 spiro atoms. The third-order valence-corrected chi connectivity index (χ3v) is 6.52. The number of nitrogens with one attached hydrogen (secondary N) is 1. The number of hydrogen-bond acceptors (Lipinski definition) is 5. The van der Waals surface area contributed by atoms with Gasteiger partial charge in [-0.1, -0.05) is 6.42 Å². The van der Waals surface area contributed by atoms with E-state index in [0.29, 0.717) is 17.8 Å². The van der Waals surface area contributed by atoms with E-state index in [1.165, 1.54) is 32.2 Å². The number of hydrogen-bond donors (Lipinski definition) is 1. The van der Waals surface area contributed by atoms with Gasteiger partial charge in [0.25, 0.3) is 5.91 Å². The maximum atomic E-state index is 12.9. The standard InChI is InChI=1S/C20H34N6O/c1-23-9-3-2-5-18(23)16-24-11-13-25(14-12-24)20(27)19-7-10-26(22-19)17-6-4-8-21-15-17/h7,10,17-18,21H,2-6,8-9,11-16H2,1H3. The number of piperidine rings is 2. The summed E-state index contributed by atoms with van der Waals surface area (Å²) in [5.74, 6) is 0.0898. The summed E-state index contributed by atoms with van der Waals surface area (Å²) in [6.07, 6.45) is 8.27. The summed E-state index contributed by atoms with van der Waals surface area (Å²) in [6, 6.07) is 2.95. The minimum atomic E-state index is 0.0898. The number of amides is 1. The molecule has 1 aromatic rings. The Kier molecular flexibility index (Phi) is 6.10. The van der Waals surface area contributed by atoms with Crippen LogP contribution in [-0.2, 0) is 0 Å². The van der Waals surface area contributed by atoms with E-state index >= 15 is 0 Å². The lowest BCUT2D eigenvalue weighted by molar-refractivity contribution is 0.0558. The summed E-state index contributed by atoms with van der Waals surface area (Å²) >= 11 is 0. The Morgan fingerprint density at radius 1 is 1.15 bits per heavy atom. The number of rotatable bonds is 4. The fourth-order valence-electron chi connectivity index (χ4n) is 4.68. The van der Waals surface area contributed by atoms with Gasteiger partial charge in [0.15, 0.2) is 0 Å². The van der Waals surface area contributed by atoms with Gasteiger partial charge in [0, 0.05) is 51.5 Å². The molecule has 3 fully saturated rings. The zero-order valence-electron chi connectivity index (χ0n) is 16.6. The second kappa shape index (κ2) is 8.71. The SMILES string of the molecule is CN1CCCCC1CN1CCN(C(=O)c2ccn(C3CCCNC3)n2)CC1. The highest BCUT2D eigenvalue weighted by Crippen LogP contribution is 2.18. The highest BCUT2D eigenvalue weighted by molar-refractivity contribution is 5.92. The van der Waals surface area contributed by atoms with Crippen LogP contribution >= 0.6 is 0 Å². The third-order valence-electron chi connectivity index (χ3n) is 6.52. The first-order valence-corrected chi connectivity index (χ1v) is 10.7. The lowest BCUT2D eigenvalue weighted by Gasteiger charge is -2.40. The fraction of sp³-hybridized carbons (Fsp3) is 0.800. The van der Waals surface area contributed by atoms with Crippen LogP contribution in [0.15, 0.2) is 12.3 Å². The number of piperazine rings is 1. The first-order chi connectivity index (χ1) is 13.2. The Bertz CT molecular complexity index is 618. The van der Waals surface area contributed by atoms with Crippen molar-refractivity contribution >= 4 is 5.91 Å². The van der Waals surface area contributed by atoms with E-state index < -0.39 is 0 Å². The average molecular weight is 375 g/mol. The molecule has 0 saturated carbocycles. The summed E-state index contributed by atoms with van der Waals surface area (Å²) in [7, 11) is 2.25. The minimum Gasteiger partial charge on any atom is -0.335 e. The first-order valence-electron chi connectivity index (χ1n) is 10.7.